The van der Waals surface area contributed by atoms with E-state index in [4.69, 9.17) is 0 Å². The van der Waals surface area contributed by atoms with Gasteiger partial charge in [0.05, 0.1) is 6.54 Å². The molecular weight excluding hydrogens is 468 g/mol. The lowest BCUT2D eigenvalue weighted by molar-refractivity contribution is -0.133. The molecule has 0 spiro atoms. The summed E-state index contributed by atoms with van der Waals surface area (Å²) in [7, 11) is 0. The molecule has 1 N–H and O–H groups in total. The van der Waals surface area contributed by atoms with Crippen molar-refractivity contribution in [1.82, 2.24) is 24.9 Å². The van der Waals surface area contributed by atoms with Crippen molar-refractivity contribution in [2.75, 3.05) is 37.6 Å². The molecule has 1 aromatic carbocycles. The number of benzene rings is 1. The summed E-state index contributed by atoms with van der Waals surface area (Å²) < 4.78 is 1.56. The molecule has 3 amide bonds. The van der Waals surface area contributed by atoms with Crippen LogP contribution in [0.15, 0.2) is 24.3 Å². The Morgan fingerprint density at radius 2 is 1.78 bits per heavy atom. The molecule has 2 aliphatic heterocycles. The normalized spacial score (nSPS) is 22.4. The minimum Gasteiger partial charge on any atom is -0.368 e. The molecule has 1 unspecified atom stereocenters. The number of aryl methyl sites for hydroxylation is 2. The number of rotatable bonds is 5. The van der Waals surface area contributed by atoms with Crippen LogP contribution in [0.3, 0.4) is 0 Å². The molecule has 2 aromatic rings. The van der Waals surface area contributed by atoms with Crippen LogP contribution in [0.4, 0.5) is 5.69 Å². The predicted octanol–water partition coefficient (Wildman–Crippen LogP) is 2.76. The second-order valence-electron chi connectivity index (χ2n) is 10.9. The number of nitrogens with one attached hydrogen (secondary N) is 1. The predicted molar refractivity (Wildman–Crippen MR) is 142 cm³/mol. The van der Waals surface area contributed by atoms with Crippen molar-refractivity contribution in [2.45, 2.75) is 71.5 Å². The van der Waals surface area contributed by atoms with Gasteiger partial charge in [-0.25, -0.2) is 0 Å². The summed E-state index contributed by atoms with van der Waals surface area (Å²) in [4.78, 5) is 45.9. The van der Waals surface area contributed by atoms with Crippen molar-refractivity contribution in [3.05, 3.63) is 46.8 Å². The summed E-state index contributed by atoms with van der Waals surface area (Å²) in [6.07, 6.45) is 4.19. The van der Waals surface area contributed by atoms with Crippen molar-refractivity contribution in [3.63, 3.8) is 0 Å². The number of hydrogen-bond donors (Lipinski definition) is 1. The fraction of sp³-hybridized carbons (Fsp3) is 0.571. The number of anilines is 1. The number of amides is 3. The number of piperazine rings is 1. The number of carbonyl (C=O) groups excluding carboxylic acids is 3. The van der Waals surface area contributed by atoms with Gasteiger partial charge in [0, 0.05) is 50.5 Å². The summed E-state index contributed by atoms with van der Waals surface area (Å²) in [5, 5.41) is 7.70. The second-order valence-corrected chi connectivity index (χ2v) is 10.9. The molecule has 1 atom stereocenters. The minimum absolute atomic E-state index is 0.147. The topological polar surface area (TPSA) is 90.8 Å². The highest BCUT2D eigenvalue weighted by atomic mass is 16.2. The Labute approximate surface area is 218 Å². The summed E-state index contributed by atoms with van der Waals surface area (Å²) in [5.41, 5.74) is 3.24. The van der Waals surface area contributed by atoms with E-state index in [1.807, 2.05) is 11.8 Å². The van der Waals surface area contributed by atoms with Gasteiger partial charge in [0.25, 0.3) is 11.8 Å². The standard InChI is InChI=1S/C28H38N6O3/c1-5-33-26(36)24-17-22(30-34(24)18-28(33,4)27(37)29-21-8-6-7-9-21)25(35)32-14-12-31(13-15-32)23-16-19(2)10-11-20(23)3/h10-11,16-17,21H,5-9,12-15,18H2,1-4H3,(H,29,37). The quantitative estimate of drug-likeness (QED) is 0.674. The Kier molecular flexibility index (Phi) is 6.72. The van der Waals surface area contributed by atoms with Crippen molar-refractivity contribution < 1.29 is 14.4 Å². The van der Waals surface area contributed by atoms with E-state index in [1.165, 1.54) is 16.8 Å². The first-order valence-corrected chi connectivity index (χ1v) is 13.5. The number of nitrogens with zero attached hydrogens (tertiary/aromatic N) is 5. The summed E-state index contributed by atoms with van der Waals surface area (Å²) in [5.74, 6) is -0.578. The van der Waals surface area contributed by atoms with Crippen LogP contribution in [0.25, 0.3) is 0 Å². The smallest absolute Gasteiger partial charge is 0.274 e. The lowest BCUT2D eigenvalue weighted by Crippen LogP contribution is -2.64. The van der Waals surface area contributed by atoms with Crippen LogP contribution in [0.5, 0.6) is 0 Å². The number of likely N-dealkylation sites (N-methyl/N-ethyl adjacent to an activating group) is 1. The highest BCUT2D eigenvalue weighted by Crippen LogP contribution is 2.29. The lowest BCUT2D eigenvalue weighted by Gasteiger charge is -2.43. The Balaban J connectivity index is 1.31. The van der Waals surface area contributed by atoms with E-state index in [0.717, 1.165) is 38.8 Å². The molecule has 9 nitrogen and oxygen atoms in total. The molecule has 1 aromatic heterocycles. The van der Waals surface area contributed by atoms with Gasteiger partial charge in [-0.1, -0.05) is 25.0 Å². The average Bonchev–Trinajstić information content (AvgIpc) is 3.55. The average molecular weight is 507 g/mol. The third-order valence-corrected chi connectivity index (χ3v) is 8.28. The summed E-state index contributed by atoms with van der Waals surface area (Å²) in [6, 6.07) is 8.20. The van der Waals surface area contributed by atoms with Gasteiger partial charge in [-0.2, -0.15) is 5.10 Å². The van der Waals surface area contributed by atoms with Gasteiger partial charge >= 0.3 is 0 Å². The minimum atomic E-state index is -1.05. The Morgan fingerprint density at radius 1 is 1.08 bits per heavy atom. The highest BCUT2D eigenvalue weighted by Gasteiger charge is 2.48. The van der Waals surface area contributed by atoms with E-state index in [2.05, 4.69) is 47.4 Å². The van der Waals surface area contributed by atoms with Gasteiger partial charge in [-0.3, -0.25) is 19.1 Å². The zero-order valence-electron chi connectivity index (χ0n) is 22.4. The largest absolute Gasteiger partial charge is 0.368 e. The Morgan fingerprint density at radius 3 is 2.46 bits per heavy atom. The molecule has 0 radical (unpaired) electrons. The zero-order valence-corrected chi connectivity index (χ0v) is 22.4. The molecule has 1 saturated heterocycles. The fourth-order valence-corrected chi connectivity index (χ4v) is 6.02. The molecule has 0 bridgehead atoms. The van der Waals surface area contributed by atoms with Crippen LogP contribution in [0.1, 0.15) is 71.6 Å². The molecule has 37 heavy (non-hydrogen) atoms. The van der Waals surface area contributed by atoms with E-state index in [-0.39, 0.29) is 36.0 Å². The Bertz CT molecular complexity index is 1210. The summed E-state index contributed by atoms with van der Waals surface area (Å²) in [6.45, 7) is 11.2. The van der Waals surface area contributed by atoms with Crippen LogP contribution in [0, 0.1) is 13.8 Å². The molecule has 5 rings (SSSR count). The molecule has 2 fully saturated rings. The molecule has 3 heterocycles. The van der Waals surface area contributed by atoms with Crippen molar-refractivity contribution in [1.29, 1.82) is 0 Å². The second kappa shape index (κ2) is 9.84. The number of hydrogen-bond acceptors (Lipinski definition) is 5. The molecule has 198 valence electrons. The number of aromatic nitrogens is 2. The maximum absolute atomic E-state index is 13.4. The van der Waals surface area contributed by atoms with Crippen molar-refractivity contribution >= 4 is 23.4 Å². The van der Waals surface area contributed by atoms with Crippen molar-refractivity contribution in [2.24, 2.45) is 0 Å². The third-order valence-electron chi connectivity index (χ3n) is 8.28. The van der Waals surface area contributed by atoms with Crippen LogP contribution in [-0.2, 0) is 11.3 Å². The number of fused-ring (bicyclic) bond motifs is 1. The van der Waals surface area contributed by atoms with E-state index >= 15 is 0 Å². The van der Waals surface area contributed by atoms with Gasteiger partial charge in [-0.05, 0) is 57.7 Å². The van der Waals surface area contributed by atoms with Gasteiger partial charge in [0.15, 0.2) is 5.69 Å². The van der Waals surface area contributed by atoms with E-state index in [1.54, 1.807) is 22.6 Å². The first kappa shape index (κ1) is 25.3. The first-order chi connectivity index (χ1) is 17.7. The summed E-state index contributed by atoms with van der Waals surface area (Å²) >= 11 is 0. The van der Waals surface area contributed by atoms with Crippen LogP contribution in [-0.4, -0.2) is 81.6 Å². The SMILES string of the molecule is CCN1C(=O)c2cc(C(=O)N3CCN(c4cc(C)ccc4C)CC3)nn2CC1(C)C(=O)NC1CCCC1. The molecule has 1 aliphatic carbocycles. The van der Waals surface area contributed by atoms with Gasteiger partial charge in [0.2, 0.25) is 5.91 Å². The van der Waals surface area contributed by atoms with Gasteiger partial charge in [0.1, 0.15) is 11.2 Å². The number of carbonyl (C=O) groups is 3. The van der Waals surface area contributed by atoms with Gasteiger partial charge in [-0.15, -0.1) is 0 Å². The fourth-order valence-electron chi connectivity index (χ4n) is 6.02. The van der Waals surface area contributed by atoms with E-state index < -0.39 is 5.54 Å². The van der Waals surface area contributed by atoms with E-state index in [0.29, 0.717) is 25.3 Å². The molecule has 3 aliphatic rings. The zero-order chi connectivity index (χ0) is 26.3. The maximum atomic E-state index is 13.4. The first-order valence-electron chi connectivity index (χ1n) is 13.5. The lowest BCUT2D eigenvalue weighted by atomic mass is 9.94. The highest BCUT2D eigenvalue weighted by molar-refractivity contribution is 6.02. The van der Waals surface area contributed by atoms with E-state index in [9.17, 15) is 14.4 Å². The monoisotopic (exact) mass is 506 g/mol. The van der Waals surface area contributed by atoms with Gasteiger partial charge < -0.3 is 20.0 Å². The molecular formula is C28H38N6O3. The van der Waals surface area contributed by atoms with Crippen molar-refractivity contribution in [3.8, 4) is 0 Å². The van der Waals surface area contributed by atoms with Crippen LogP contribution >= 0.6 is 0 Å². The third kappa shape index (κ3) is 4.60. The van der Waals surface area contributed by atoms with Crippen LogP contribution in [0.2, 0.25) is 0 Å². The van der Waals surface area contributed by atoms with Crippen LogP contribution < -0.4 is 10.2 Å². The Hall–Kier alpha value is -3.36. The maximum Gasteiger partial charge on any atom is 0.274 e. The molecule has 9 heteroatoms. The molecule has 1 saturated carbocycles.